The third-order valence-electron chi connectivity index (χ3n) is 5.77. The Kier molecular flexibility index (Phi) is 7.60. The summed E-state index contributed by atoms with van der Waals surface area (Å²) in [6.45, 7) is 7.61. The van der Waals surface area contributed by atoms with Crippen LogP contribution in [0.2, 0.25) is 0 Å². The van der Waals surface area contributed by atoms with Crippen molar-refractivity contribution in [2.24, 2.45) is 0 Å². The summed E-state index contributed by atoms with van der Waals surface area (Å²) < 4.78 is 27.3. The number of nitrogens with one attached hydrogen (secondary N) is 3. The van der Waals surface area contributed by atoms with Crippen LogP contribution in [0.3, 0.4) is 0 Å². The molecule has 12 heteroatoms. The summed E-state index contributed by atoms with van der Waals surface area (Å²) in [7, 11) is -1.94. The van der Waals surface area contributed by atoms with Crippen molar-refractivity contribution in [1.82, 2.24) is 20.4 Å². The van der Waals surface area contributed by atoms with Crippen LogP contribution in [-0.2, 0) is 14.9 Å². The molecule has 3 aromatic rings. The number of carbonyl (C=O) groups excluding carboxylic acids is 1. The van der Waals surface area contributed by atoms with Gasteiger partial charge in [0.2, 0.25) is 10.0 Å². The fraction of sp³-hybridized carbons (Fsp3) is 0.360. The van der Waals surface area contributed by atoms with Crippen LogP contribution in [0.1, 0.15) is 47.2 Å². The number of sulfonamides is 1. The van der Waals surface area contributed by atoms with Gasteiger partial charge in [-0.25, -0.2) is 28.8 Å². The molecule has 1 fully saturated rings. The summed E-state index contributed by atoms with van der Waals surface area (Å²) in [5.74, 6) is 1.10. The quantitative estimate of drug-likeness (QED) is 0.336. The molecule has 0 bridgehead atoms. The molecule has 4 rings (SSSR count). The Labute approximate surface area is 216 Å². The van der Waals surface area contributed by atoms with Gasteiger partial charge in [-0.1, -0.05) is 6.07 Å². The molecule has 3 N–H and O–H groups in total. The van der Waals surface area contributed by atoms with Gasteiger partial charge >= 0.3 is 0 Å². The summed E-state index contributed by atoms with van der Waals surface area (Å²) in [5, 5.41) is 6.03. The Morgan fingerprint density at radius 1 is 1.05 bits per heavy atom. The first kappa shape index (κ1) is 26.3. The molecular weight excluding hydrogens is 494 g/mol. The number of pyridine rings is 1. The third kappa shape index (κ3) is 6.15. The highest BCUT2D eigenvalue weighted by atomic mass is 32.2. The average molecular weight is 526 g/mol. The number of rotatable bonds is 10. The largest absolute Gasteiger partial charge is 0.353 e. The van der Waals surface area contributed by atoms with Gasteiger partial charge in [-0.05, 0) is 58.2 Å². The summed E-state index contributed by atoms with van der Waals surface area (Å²) >= 11 is 0. The summed E-state index contributed by atoms with van der Waals surface area (Å²) in [6.07, 6.45) is 2.73. The second-order valence-corrected chi connectivity index (χ2v) is 11.1. The van der Waals surface area contributed by atoms with E-state index in [1.165, 1.54) is 10.5 Å². The van der Waals surface area contributed by atoms with Crippen molar-refractivity contribution in [3.8, 4) is 0 Å². The van der Waals surface area contributed by atoms with E-state index >= 15 is 0 Å². The minimum Gasteiger partial charge on any atom is -0.353 e. The van der Waals surface area contributed by atoms with Gasteiger partial charge in [0.1, 0.15) is 17.5 Å². The number of benzene rings is 1. The van der Waals surface area contributed by atoms with E-state index in [-0.39, 0.29) is 10.8 Å². The van der Waals surface area contributed by atoms with Crippen molar-refractivity contribution in [3.05, 3.63) is 59.2 Å². The zero-order chi connectivity index (χ0) is 26.7. The van der Waals surface area contributed by atoms with Gasteiger partial charge < -0.3 is 10.6 Å². The molecule has 1 saturated carbocycles. The van der Waals surface area contributed by atoms with Gasteiger partial charge in [0.25, 0.3) is 5.91 Å². The van der Waals surface area contributed by atoms with Gasteiger partial charge in [0, 0.05) is 31.1 Å². The maximum absolute atomic E-state index is 13.0. The van der Waals surface area contributed by atoms with Crippen molar-refractivity contribution in [2.75, 3.05) is 28.6 Å². The normalized spacial score (nSPS) is 13.2. The SMILES string of the molecule is CCONC(=O)c1cnc(Nc2cc(C)nc(C)n2)cc1Nc1ccc(C)cc1N(C)S(=O)(=O)C1CC1. The Bertz CT molecular complexity index is 1400. The molecule has 196 valence electrons. The Morgan fingerprint density at radius 3 is 2.49 bits per heavy atom. The molecular formula is C25H31N7O4S. The Balaban J connectivity index is 1.73. The van der Waals surface area contributed by atoms with Crippen LogP contribution in [0.4, 0.5) is 28.7 Å². The summed E-state index contributed by atoms with van der Waals surface area (Å²) in [5.41, 5.74) is 5.71. The molecule has 1 aliphatic carbocycles. The van der Waals surface area contributed by atoms with Crippen molar-refractivity contribution in [3.63, 3.8) is 0 Å². The number of amides is 1. The minimum atomic E-state index is -3.49. The van der Waals surface area contributed by atoms with E-state index in [1.807, 2.05) is 19.9 Å². The van der Waals surface area contributed by atoms with Crippen molar-refractivity contribution in [1.29, 1.82) is 0 Å². The second-order valence-electron chi connectivity index (χ2n) is 8.90. The van der Waals surface area contributed by atoms with Crippen molar-refractivity contribution in [2.45, 2.75) is 45.8 Å². The van der Waals surface area contributed by atoms with E-state index < -0.39 is 15.9 Å². The Morgan fingerprint density at radius 2 is 1.81 bits per heavy atom. The smallest absolute Gasteiger partial charge is 0.278 e. The van der Waals surface area contributed by atoms with Crippen LogP contribution in [0, 0.1) is 20.8 Å². The van der Waals surface area contributed by atoms with E-state index in [0.717, 1.165) is 11.3 Å². The number of hydrogen-bond acceptors (Lipinski definition) is 9. The number of aryl methyl sites for hydroxylation is 3. The first-order chi connectivity index (χ1) is 17.6. The fourth-order valence-corrected chi connectivity index (χ4v) is 5.40. The molecule has 2 aromatic heterocycles. The van der Waals surface area contributed by atoms with Crippen molar-refractivity contribution >= 4 is 44.6 Å². The summed E-state index contributed by atoms with van der Waals surface area (Å²) in [6, 6.07) is 8.91. The van der Waals surface area contributed by atoms with E-state index in [9.17, 15) is 13.2 Å². The molecule has 1 aliphatic rings. The number of hydrogen-bond donors (Lipinski definition) is 3. The number of nitrogens with zero attached hydrogens (tertiary/aromatic N) is 4. The van der Waals surface area contributed by atoms with E-state index in [0.29, 0.717) is 54.0 Å². The molecule has 1 amide bonds. The zero-order valence-corrected chi connectivity index (χ0v) is 22.3. The van der Waals surface area contributed by atoms with Crippen molar-refractivity contribution < 1.29 is 18.0 Å². The highest BCUT2D eigenvalue weighted by Gasteiger charge is 2.39. The van der Waals surface area contributed by atoms with Gasteiger partial charge in [-0.15, -0.1) is 0 Å². The number of aromatic nitrogens is 3. The molecule has 0 aliphatic heterocycles. The van der Waals surface area contributed by atoms with Crippen LogP contribution < -0.4 is 20.4 Å². The van der Waals surface area contributed by atoms with Gasteiger partial charge in [0.05, 0.1) is 34.5 Å². The molecule has 1 aromatic carbocycles. The first-order valence-corrected chi connectivity index (χ1v) is 13.5. The second kappa shape index (κ2) is 10.7. The van der Waals surface area contributed by atoms with E-state index in [1.54, 1.807) is 45.2 Å². The van der Waals surface area contributed by atoms with Crippen LogP contribution >= 0.6 is 0 Å². The monoisotopic (exact) mass is 525 g/mol. The number of anilines is 5. The lowest BCUT2D eigenvalue weighted by Crippen LogP contribution is -2.30. The van der Waals surface area contributed by atoms with Crippen LogP contribution in [0.15, 0.2) is 36.5 Å². The maximum Gasteiger partial charge on any atom is 0.278 e. The Hall–Kier alpha value is -3.77. The van der Waals surface area contributed by atoms with Gasteiger partial charge in [-0.2, -0.15) is 0 Å². The van der Waals surface area contributed by atoms with Crippen LogP contribution in [0.25, 0.3) is 0 Å². The molecule has 0 saturated heterocycles. The van der Waals surface area contributed by atoms with E-state index in [2.05, 4.69) is 31.1 Å². The molecule has 0 spiro atoms. The average Bonchev–Trinajstić information content (AvgIpc) is 3.69. The lowest BCUT2D eigenvalue weighted by Gasteiger charge is -2.24. The topological polar surface area (TPSA) is 138 Å². The van der Waals surface area contributed by atoms with Crippen LogP contribution in [0.5, 0.6) is 0 Å². The van der Waals surface area contributed by atoms with Crippen LogP contribution in [-0.4, -0.2) is 48.2 Å². The highest BCUT2D eigenvalue weighted by molar-refractivity contribution is 7.93. The molecule has 37 heavy (non-hydrogen) atoms. The molecule has 2 heterocycles. The first-order valence-electron chi connectivity index (χ1n) is 12.0. The predicted octanol–water partition coefficient (Wildman–Crippen LogP) is 3.89. The van der Waals surface area contributed by atoms with Gasteiger partial charge in [0.15, 0.2) is 0 Å². The molecule has 0 atom stereocenters. The lowest BCUT2D eigenvalue weighted by molar-refractivity contribution is 0.0365. The maximum atomic E-state index is 13.0. The predicted molar refractivity (Wildman–Crippen MR) is 143 cm³/mol. The molecule has 11 nitrogen and oxygen atoms in total. The van der Waals surface area contributed by atoms with E-state index in [4.69, 9.17) is 4.84 Å². The minimum absolute atomic E-state index is 0.216. The zero-order valence-electron chi connectivity index (χ0n) is 21.5. The fourth-order valence-electron chi connectivity index (χ4n) is 3.79. The lowest BCUT2D eigenvalue weighted by atomic mass is 10.1. The summed E-state index contributed by atoms with van der Waals surface area (Å²) in [4.78, 5) is 31.0. The molecule has 0 radical (unpaired) electrons. The van der Waals surface area contributed by atoms with Gasteiger partial charge in [-0.3, -0.25) is 13.9 Å². The highest BCUT2D eigenvalue weighted by Crippen LogP contribution is 2.37. The third-order valence-corrected chi connectivity index (χ3v) is 8.04. The standard InChI is InChI=1S/C25H31N7O4S/c1-6-36-31-25(33)19-14-26-23(30-24-12-16(3)27-17(4)28-24)13-21(19)29-20-10-7-15(2)11-22(20)32(5)37(34,35)18-8-9-18/h7,10-14,18H,6,8-9H2,1-5H3,(H,31,33)(H2,26,27,28,29,30). The number of hydroxylamine groups is 1. The molecule has 0 unspecified atom stereocenters. The number of carbonyl (C=O) groups is 1.